The molecule has 4 rings (SSSR count). The van der Waals surface area contributed by atoms with Crippen LogP contribution >= 0.6 is 22.7 Å². The lowest BCUT2D eigenvalue weighted by Gasteiger charge is -2.10. The van der Waals surface area contributed by atoms with Gasteiger partial charge in [-0.3, -0.25) is 9.78 Å². The molecule has 0 aliphatic carbocycles. The first kappa shape index (κ1) is 16.6. The molecule has 128 valence electrons. The third kappa shape index (κ3) is 3.42. The monoisotopic (exact) mass is 377 g/mol. The zero-order chi connectivity index (χ0) is 17.9. The van der Waals surface area contributed by atoms with Crippen molar-refractivity contribution >= 4 is 34.3 Å². The van der Waals surface area contributed by atoms with E-state index < -0.39 is 0 Å². The van der Waals surface area contributed by atoms with Crippen molar-refractivity contribution in [3.05, 3.63) is 76.2 Å². The van der Waals surface area contributed by atoms with E-state index in [9.17, 15) is 4.79 Å². The Morgan fingerprint density at radius 3 is 2.77 bits per heavy atom. The van der Waals surface area contributed by atoms with Gasteiger partial charge in [-0.25, -0.2) is 4.98 Å². The number of aromatic nitrogens is 2. The number of benzene rings is 1. The molecule has 3 aromatic heterocycles. The number of hydrogen-bond donors (Lipinski definition) is 1. The number of rotatable bonds is 4. The molecule has 0 bridgehead atoms. The molecule has 1 N–H and O–H groups in total. The first-order valence-electron chi connectivity index (χ1n) is 8.01. The maximum atomic E-state index is 12.6. The molecule has 0 fully saturated rings. The lowest BCUT2D eigenvalue weighted by Crippen LogP contribution is -2.11. The molecule has 4 aromatic rings. The van der Waals surface area contributed by atoms with Crippen molar-refractivity contribution in [2.45, 2.75) is 6.92 Å². The molecule has 1 aromatic carbocycles. The van der Waals surface area contributed by atoms with Crippen LogP contribution in [-0.4, -0.2) is 15.9 Å². The van der Waals surface area contributed by atoms with Gasteiger partial charge in [0.05, 0.1) is 6.20 Å². The van der Waals surface area contributed by atoms with E-state index in [0.717, 1.165) is 32.9 Å². The standard InChI is InChI=1S/C20H15N3OS2/c1-13-4-5-14(15-3-2-7-21-10-15)9-17(13)23-19(24)18-11-22-20(26-18)16-6-8-25-12-16/h2-12H,1H3,(H,23,24). The van der Waals surface area contributed by atoms with Gasteiger partial charge >= 0.3 is 0 Å². The summed E-state index contributed by atoms with van der Waals surface area (Å²) in [5.41, 5.74) is 4.88. The second-order valence-electron chi connectivity index (χ2n) is 5.77. The van der Waals surface area contributed by atoms with Crippen molar-refractivity contribution in [3.8, 4) is 21.7 Å². The molecule has 0 atom stereocenters. The Bertz CT molecular complexity index is 1040. The summed E-state index contributed by atoms with van der Waals surface area (Å²) < 4.78 is 0. The highest BCUT2D eigenvalue weighted by molar-refractivity contribution is 7.17. The fraction of sp³-hybridized carbons (Fsp3) is 0.0500. The minimum Gasteiger partial charge on any atom is -0.321 e. The highest BCUT2D eigenvalue weighted by atomic mass is 32.1. The van der Waals surface area contributed by atoms with E-state index in [1.54, 1.807) is 23.7 Å². The number of carbonyl (C=O) groups is 1. The van der Waals surface area contributed by atoms with Crippen molar-refractivity contribution in [1.82, 2.24) is 9.97 Å². The maximum Gasteiger partial charge on any atom is 0.267 e. The van der Waals surface area contributed by atoms with E-state index in [1.807, 2.05) is 60.3 Å². The molecule has 1 amide bonds. The quantitative estimate of drug-likeness (QED) is 0.511. The van der Waals surface area contributed by atoms with Crippen molar-refractivity contribution in [2.75, 3.05) is 5.32 Å². The van der Waals surface area contributed by atoms with Crippen molar-refractivity contribution in [1.29, 1.82) is 0 Å². The Labute approximate surface area is 159 Å². The highest BCUT2D eigenvalue weighted by Gasteiger charge is 2.13. The number of thiazole rings is 1. The summed E-state index contributed by atoms with van der Waals surface area (Å²) in [7, 11) is 0. The number of nitrogens with one attached hydrogen (secondary N) is 1. The third-order valence-electron chi connectivity index (χ3n) is 3.98. The fourth-order valence-electron chi connectivity index (χ4n) is 2.55. The molecule has 6 heteroatoms. The average molecular weight is 377 g/mol. The van der Waals surface area contributed by atoms with Crippen molar-refractivity contribution < 1.29 is 4.79 Å². The van der Waals surface area contributed by atoms with Crippen LogP contribution in [0.4, 0.5) is 5.69 Å². The summed E-state index contributed by atoms with van der Waals surface area (Å²) in [4.78, 5) is 21.8. The largest absolute Gasteiger partial charge is 0.321 e. The first-order chi connectivity index (χ1) is 12.7. The van der Waals surface area contributed by atoms with Crippen molar-refractivity contribution in [2.24, 2.45) is 0 Å². The normalized spacial score (nSPS) is 10.7. The molecular weight excluding hydrogens is 362 g/mol. The van der Waals surface area contributed by atoms with Crippen LogP contribution in [0.3, 0.4) is 0 Å². The second-order valence-corrected chi connectivity index (χ2v) is 7.58. The van der Waals surface area contributed by atoms with Gasteiger partial charge in [0.1, 0.15) is 9.88 Å². The molecule has 0 spiro atoms. The Balaban J connectivity index is 1.58. The van der Waals surface area contributed by atoms with Crippen LogP contribution in [0.15, 0.2) is 65.7 Å². The lowest BCUT2D eigenvalue weighted by molar-refractivity contribution is 0.103. The van der Waals surface area contributed by atoms with Gasteiger partial charge in [-0.05, 0) is 41.6 Å². The molecule has 0 saturated carbocycles. The number of carbonyl (C=O) groups excluding carboxylic acids is 1. The summed E-state index contributed by atoms with van der Waals surface area (Å²) in [6.07, 6.45) is 5.19. The SMILES string of the molecule is Cc1ccc(-c2cccnc2)cc1NC(=O)c1cnc(-c2ccsc2)s1. The van der Waals surface area contributed by atoms with Crippen LogP contribution in [0.25, 0.3) is 21.7 Å². The number of hydrogen-bond acceptors (Lipinski definition) is 5. The summed E-state index contributed by atoms with van der Waals surface area (Å²) in [5, 5.41) is 7.90. The summed E-state index contributed by atoms with van der Waals surface area (Å²) in [6, 6.07) is 11.9. The number of nitrogens with zero attached hydrogens (tertiary/aromatic N) is 2. The minimum absolute atomic E-state index is 0.143. The average Bonchev–Trinajstić information content (AvgIpc) is 3.36. The van der Waals surface area contributed by atoms with Gasteiger partial charge in [0.25, 0.3) is 5.91 Å². The summed E-state index contributed by atoms with van der Waals surface area (Å²) >= 11 is 3.02. The lowest BCUT2D eigenvalue weighted by atomic mass is 10.0. The second kappa shape index (κ2) is 7.19. The van der Waals surface area contributed by atoms with Gasteiger partial charge < -0.3 is 5.32 Å². The zero-order valence-electron chi connectivity index (χ0n) is 14.0. The predicted molar refractivity (Wildman–Crippen MR) is 108 cm³/mol. The van der Waals surface area contributed by atoms with E-state index in [1.165, 1.54) is 11.3 Å². The Kier molecular flexibility index (Phi) is 4.60. The van der Waals surface area contributed by atoms with E-state index in [-0.39, 0.29) is 5.91 Å². The first-order valence-corrected chi connectivity index (χ1v) is 9.77. The molecule has 26 heavy (non-hydrogen) atoms. The molecule has 0 unspecified atom stereocenters. The fourth-order valence-corrected chi connectivity index (χ4v) is 4.08. The van der Waals surface area contributed by atoms with Crippen LogP contribution in [0, 0.1) is 6.92 Å². The van der Waals surface area contributed by atoms with Gasteiger partial charge in [0, 0.05) is 34.6 Å². The van der Waals surface area contributed by atoms with Crippen LogP contribution in [0.1, 0.15) is 15.2 Å². The van der Waals surface area contributed by atoms with Gasteiger partial charge in [-0.2, -0.15) is 11.3 Å². The van der Waals surface area contributed by atoms with Crippen LogP contribution in [-0.2, 0) is 0 Å². The van der Waals surface area contributed by atoms with E-state index in [0.29, 0.717) is 4.88 Å². The maximum absolute atomic E-state index is 12.6. The molecule has 0 saturated heterocycles. The number of pyridine rings is 1. The Hall–Kier alpha value is -2.83. The molecule has 0 aliphatic rings. The minimum atomic E-state index is -0.143. The van der Waals surface area contributed by atoms with E-state index in [2.05, 4.69) is 15.3 Å². The molecule has 3 heterocycles. The number of anilines is 1. The van der Waals surface area contributed by atoms with Gasteiger partial charge in [0.15, 0.2) is 0 Å². The molecule has 0 radical (unpaired) electrons. The molecule has 0 aliphatic heterocycles. The van der Waals surface area contributed by atoms with Crippen LogP contribution in [0.5, 0.6) is 0 Å². The van der Waals surface area contributed by atoms with Crippen LogP contribution < -0.4 is 5.32 Å². The Morgan fingerprint density at radius 2 is 2.00 bits per heavy atom. The third-order valence-corrected chi connectivity index (χ3v) is 5.71. The number of thiophene rings is 1. The summed E-state index contributed by atoms with van der Waals surface area (Å²) in [6.45, 7) is 1.98. The smallest absolute Gasteiger partial charge is 0.267 e. The zero-order valence-corrected chi connectivity index (χ0v) is 15.6. The van der Waals surface area contributed by atoms with Crippen molar-refractivity contribution in [3.63, 3.8) is 0 Å². The van der Waals surface area contributed by atoms with E-state index >= 15 is 0 Å². The topological polar surface area (TPSA) is 54.9 Å². The van der Waals surface area contributed by atoms with Gasteiger partial charge in [0.2, 0.25) is 0 Å². The van der Waals surface area contributed by atoms with Gasteiger partial charge in [-0.1, -0.05) is 18.2 Å². The molecular formula is C20H15N3OS2. The highest BCUT2D eigenvalue weighted by Crippen LogP contribution is 2.29. The predicted octanol–water partition coefficient (Wildman–Crippen LogP) is 5.49. The molecule has 4 nitrogen and oxygen atoms in total. The Morgan fingerprint density at radius 1 is 1.08 bits per heavy atom. The van der Waals surface area contributed by atoms with E-state index in [4.69, 9.17) is 0 Å². The van der Waals surface area contributed by atoms with Gasteiger partial charge in [-0.15, -0.1) is 11.3 Å². The van der Waals surface area contributed by atoms with Crippen LogP contribution in [0.2, 0.25) is 0 Å². The number of aryl methyl sites for hydroxylation is 1. The summed E-state index contributed by atoms with van der Waals surface area (Å²) in [5.74, 6) is -0.143. The number of amides is 1.